The third-order valence-electron chi connectivity index (χ3n) is 2.49. The zero-order chi connectivity index (χ0) is 14.7. The van der Waals surface area contributed by atoms with Crippen LogP contribution in [0, 0.1) is 0 Å². The number of carbonyl (C=O) groups excluding carboxylic acids is 1. The van der Waals surface area contributed by atoms with Gasteiger partial charge in [0.05, 0.1) is 0 Å². The van der Waals surface area contributed by atoms with E-state index in [0.29, 0.717) is 11.0 Å². The van der Waals surface area contributed by atoms with Crippen molar-refractivity contribution in [2.24, 2.45) is 0 Å². The minimum absolute atomic E-state index is 0.211. The molecule has 2 rings (SSSR count). The van der Waals surface area contributed by atoms with E-state index in [0.717, 1.165) is 4.85 Å². The summed E-state index contributed by atoms with van der Waals surface area (Å²) < 4.78 is 5.00. The lowest BCUT2D eigenvalue weighted by Gasteiger charge is -2.20. The molecule has 2 aromatic rings. The van der Waals surface area contributed by atoms with Crippen LogP contribution in [0.3, 0.4) is 0 Å². The molecule has 7 nitrogen and oxygen atoms in total. The van der Waals surface area contributed by atoms with Gasteiger partial charge in [-0.05, 0) is 31.2 Å². The van der Waals surface area contributed by atoms with E-state index in [2.05, 4.69) is 16.9 Å². The minimum atomic E-state index is -1.20. The summed E-state index contributed by atoms with van der Waals surface area (Å²) >= 11 is 0. The number of aliphatic hydroxyl groups is 1. The predicted molar refractivity (Wildman–Crippen MR) is 70.5 cm³/mol. The Bertz CT molecular complexity index is 635. The zero-order valence-corrected chi connectivity index (χ0v) is 11.2. The molecule has 0 fully saturated rings. The van der Waals surface area contributed by atoms with Gasteiger partial charge in [0, 0.05) is 5.57 Å². The first-order valence-corrected chi connectivity index (χ1v) is 6.01. The number of ether oxygens (including phenoxy) is 1. The highest BCUT2D eigenvalue weighted by Crippen LogP contribution is 2.10. The van der Waals surface area contributed by atoms with Crippen LogP contribution in [-0.4, -0.2) is 38.6 Å². The number of nitrogens with zero attached hydrogens (tertiary/aromatic N) is 3. The molecule has 0 saturated heterocycles. The molecule has 2 unspecified atom stereocenters. The predicted octanol–water partition coefficient (Wildman–Crippen LogP) is 0.686. The number of aliphatic hydroxyl groups excluding tert-OH is 1. The van der Waals surface area contributed by atoms with E-state index in [1.807, 2.05) is 6.07 Å². The van der Waals surface area contributed by atoms with Gasteiger partial charge in [-0.1, -0.05) is 23.6 Å². The highest BCUT2D eigenvalue weighted by atomic mass is 16.8. The van der Waals surface area contributed by atoms with Gasteiger partial charge in [-0.15, -0.1) is 5.10 Å². The Morgan fingerprint density at radius 1 is 1.45 bits per heavy atom. The average molecular weight is 277 g/mol. The number of benzene rings is 1. The Balaban J connectivity index is 2.20. The van der Waals surface area contributed by atoms with Crippen LogP contribution in [0.4, 0.5) is 0 Å². The summed E-state index contributed by atoms with van der Waals surface area (Å²) in [5.41, 5.74) is 1.44. The topological polar surface area (TPSA) is 86.5 Å². The lowest BCUT2D eigenvalue weighted by Crippen LogP contribution is -2.39. The summed E-state index contributed by atoms with van der Waals surface area (Å²) in [5.74, 6) is -0.652. The fraction of sp³-hybridized carbons (Fsp3) is 0.308. The molecule has 0 aliphatic heterocycles. The third-order valence-corrected chi connectivity index (χ3v) is 2.49. The first-order valence-electron chi connectivity index (χ1n) is 6.01. The van der Waals surface area contributed by atoms with Gasteiger partial charge in [-0.25, -0.2) is 4.79 Å². The molecule has 0 aliphatic rings. The molecule has 1 aromatic heterocycles. The quantitative estimate of drug-likeness (QED) is 0.491. The summed E-state index contributed by atoms with van der Waals surface area (Å²) in [7, 11) is 0. The van der Waals surface area contributed by atoms with Gasteiger partial charge < -0.3 is 14.7 Å². The van der Waals surface area contributed by atoms with E-state index >= 15 is 0 Å². The largest absolute Gasteiger partial charge is 0.417 e. The van der Waals surface area contributed by atoms with Gasteiger partial charge in [-0.3, -0.25) is 0 Å². The first kappa shape index (κ1) is 14.0. The molecular weight excluding hydrogens is 262 g/mol. The molecule has 7 heteroatoms. The van der Waals surface area contributed by atoms with Crippen LogP contribution in [0.1, 0.15) is 13.8 Å². The third kappa shape index (κ3) is 2.94. The van der Waals surface area contributed by atoms with E-state index < -0.39 is 18.4 Å². The van der Waals surface area contributed by atoms with Crippen molar-refractivity contribution >= 4 is 17.0 Å². The number of para-hydroxylation sites is 1. The highest BCUT2D eigenvalue weighted by Gasteiger charge is 2.23. The second-order valence-electron chi connectivity index (χ2n) is 4.35. The molecule has 0 spiro atoms. The lowest BCUT2D eigenvalue weighted by atomic mass is 10.3. The number of hydrogen-bond acceptors (Lipinski definition) is 6. The molecule has 20 heavy (non-hydrogen) atoms. The van der Waals surface area contributed by atoms with E-state index in [1.165, 1.54) is 13.8 Å². The van der Waals surface area contributed by atoms with Crippen molar-refractivity contribution < 1.29 is 19.5 Å². The monoisotopic (exact) mass is 277 g/mol. The van der Waals surface area contributed by atoms with E-state index in [9.17, 15) is 9.90 Å². The van der Waals surface area contributed by atoms with Gasteiger partial charge in [0.15, 0.2) is 0 Å². The molecule has 1 aromatic carbocycles. The van der Waals surface area contributed by atoms with Crippen LogP contribution in [-0.2, 0) is 9.53 Å². The fourth-order valence-corrected chi connectivity index (χ4v) is 1.44. The maximum atomic E-state index is 11.5. The summed E-state index contributed by atoms with van der Waals surface area (Å²) in [5, 5.41) is 17.3. The Morgan fingerprint density at radius 2 is 2.15 bits per heavy atom. The summed E-state index contributed by atoms with van der Waals surface area (Å²) in [6, 6.07) is 7.12. The average Bonchev–Trinajstić information content (AvgIpc) is 2.81. The van der Waals surface area contributed by atoms with Crippen molar-refractivity contribution in [2.75, 3.05) is 0 Å². The molecule has 0 radical (unpaired) electrons. The summed E-state index contributed by atoms with van der Waals surface area (Å²) in [6.45, 7) is 6.41. The van der Waals surface area contributed by atoms with Gasteiger partial charge in [0.2, 0.25) is 0 Å². The number of hydrogen-bond donors (Lipinski definition) is 1. The standard InChI is InChI=1S/C13H15N3O4/c1-8(2)12(18)19-13(9(3)17)20-16-11-7-5-4-6-10(11)14-15-16/h4-7,9,13,17H,1H2,2-3H3. The summed E-state index contributed by atoms with van der Waals surface area (Å²) in [4.78, 5) is 18.0. The smallest absolute Gasteiger partial charge is 0.336 e. The SMILES string of the molecule is C=C(C)C(=O)OC(On1nnc2ccccc21)C(C)O. The highest BCUT2D eigenvalue weighted by molar-refractivity contribution is 5.87. The van der Waals surface area contributed by atoms with E-state index in [4.69, 9.17) is 9.57 Å². The first-order chi connectivity index (χ1) is 9.49. The number of fused-ring (bicyclic) bond motifs is 1. The molecule has 0 saturated carbocycles. The van der Waals surface area contributed by atoms with Crippen molar-refractivity contribution in [3.63, 3.8) is 0 Å². The van der Waals surface area contributed by atoms with Gasteiger partial charge in [0.1, 0.15) is 17.1 Å². The van der Waals surface area contributed by atoms with E-state index in [-0.39, 0.29) is 5.57 Å². The molecule has 1 heterocycles. The molecule has 0 aliphatic carbocycles. The van der Waals surface area contributed by atoms with Crippen molar-refractivity contribution in [1.82, 2.24) is 15.2 Å². The normalized spacial score (nSPS) is 13.8. The van der Waals surface area contributed by atoms with Gasteiger partial charge in [-0.2, -0.15) is 0 Å². The second kappa shape index (κ2) is 5.70. The van der Waals surface area contributed by atoms with Crippen molar-refractivity contribution in [2.45, 2.75) is 26.2 Å². The van der Waals surface area contributed by atoms with Crippen LogP contribution in [0.2, 0.25) is 0 Å². The fourth-order valence-electron chi connectivity index (χ4n) is 1.44. The zero-order valence-electron chi connectivity index (χ0n) is 11.2. The summed E-state index contributed by atoms with van der Waals surface area (Å²) in [6.07, 6.45) is -2.24. The Hall–Kier alpha value is -2.41. The Labute approximate surface area is 115 Å². The van der Waals surface area contributed by atoms with Crippen LogP contribution >= 0.6 is 0 Å². The van der Waals surface area contributed by atoms with Crippen LogP contribution in [0.15, 0.2) is 36.4 Å². The Kier molecular flexibility index (Phi) is 3.99. The number of rotatable bonds is 5. The van der Waals surface area contributed by atoms with E-state index in [1.54, 1.807) is 18.2 Å². The van der Waals surface area contributed by atoms with Crippen molar-refractivity contribution in [1.29, 1.82) is 0 Å². The van der Waals surface area contributed by atoms with Crippen LogP contribution in [0.25, 0.3) is 11.0 Å². The van der Waals surface area contributed by atoms with Crippen molar-refractivity contribution in [3.8, 4) is 0 Å². The molecule has 2 atom stereocenters. The molecule has 0 bridgehead atoms. The van der Waals surface area contributed by atoms with Gasteiger partial charge in [0.25, 0.3) is 6.29 Å². The maximum Gasteiger partial charge on any atom is 0.336 e. The van der Waals surface area contributed by atoms with Crippen molar-refractivity contribution in [3.05, 3.63) is 36.4 Å². The number of esters is 1. The molecule has 0 amide bonds. The molecule has 1 N–H and O–H groups in total. The van der Waals surface area contributed by atoms with Crippen LogP contribution in [0.5, 0.6) is 0 Å². The second-order valence-corrected chi connectivity index (χ2v) is 4.35. The van der Waals surface area contributed by atoms with Crippen LogP contribution < -0.4 is 4.84 Å². The van der Waals surface area contributed by atoms with Gasteiger partial charge >= 0.3 is 5.97 Å². The number of aromatic nitrogens is 3. The Morgan fingerprint density at radius 3 is 2.80 bits per heavy atom. The minimum Gasteiger partial charge on any atom is -0.417 e. The molecular formula is C13H15N3O4. The lowest BCUT2D eigenvalue weighted by molar-refractivity contribution is -0.200. The number of carbonyl (C=O) groups is 1. The maximum absolute atomic E-state index is 11.5. The molecule has 106 valence electrons.